The van der Waals surface area contributed by atoms with Gasteiger partial charge in [0.05, 0.1) is 0 Å². The van der Waals surface area contributed by atoms with Crippen molar-refractivity contribution >= 4 is 6.20 Å². The molecule has 0 saturated carbocycles. The van der Waals surface area contributed by atoms with Crippen molar-refractivity contribution in [2.75, 3.05) is 0 Å². The number of hydrogen-bond acceptors (Lipinski definition) is 1. The fourth-order valence-corrected chi connectivity index (χ4v) is 0.912. The Morgan fingerprint density at radius 3 is 2.82 bits per heavy atom. The summed E-state index contributed by atoms with van der Waals surface area (Å²) in [4.78, 5) is 0. The number of pyridine rings is 1. The van der Waals surface area contributed by atoms with E-state index in [1.165, 1.54) is 5.56 Å². The highest BCUT2D eigenvalue weighted by Gasteiger charge is 1.86. The number of rotatable bonds is 1. The first-order valence-corrected chi connectivity index (χ1v) is 3.60. The van der Waals surface area contributed by atoms with Gasteiger partial charge in [0, 0.05) is 12.4 Å². The van der Waals surface area contributed by atoms with Gasteiger partial charge >= 0.3 is 0 Å². The second-order valence-corrected chi connectivity index (χ2v) is 2.48. The maximum Gasteiger partial charge on any atom is 0.128 e. The zero-order valence-electron chi connectivity index (χ0n) is 6.83. The van der Waals surface area contributed by atoms with E-state index >= 15 is 0 Å². The SMILES string of the molecule is C/C=C/n1cc(C)ccc1=N. The molecule has 0 saturated heterocycles. The first-order valence-electron chi connectivity index (χ1n) is 3.60. The van der Waals surface area contributed by atoms with E-state index in [-0.39, 0.29) is 0 Å². The van der Waals surface area contributed by atoms with Crippen LogP contribution in [0.4, 0.5) is 0 Å². The third-order valence-electron chi connectivity index (χ3n) is 1.43. The largest absolute Gasteiger partial charge is 0.309 e. The molecule has 0 amide bonds. The Hall–Kier alpha value is -1.31. The van der Waals surface area contributed by atoms with Crippen LogP contribution in [0.2, 0.25) is 0 Å². The summed E-state index contributed by atoms with van der Waals surface area (Å²) in [6.07, 6.45) is 5.72. The van der Waals surface area contributed by atoms with Crippen molar-refractivity contribution in [2.45, 2.75) is 13.8 Å². The molecule has 0 unspecified atom stereocenters. The highest BCUT2D eigenvalue weighted by atomic mass is 14.9. The van der Waals surface area contributed by atoms with Gasteiger partial charge in [0.15, 0.2) is 0 Å². The molecule has 0 bridgehead atoms. The average molecular weight is 148 g/mol. The molecule has 0 aliphatic carbocycles. The second kappa shape index (κ2) is 3.19. The molecular formula is C9H12N2. The summed E-state index contributed by atoms with van der Waals surface area (Å²) in [5.41, 5.74) is 1.67. The topological polar surface area (TPSA) is 28.8 Å². The zero-order chi connectivity index (χ0) is 8.27. The van der Waals surface area contributed by atoms with Gasteiger partial charge in [-0.25, -0.2) is 0 Å². The minimum atomic E-state index is 0.508. The van der Waals surface area contributed by atoms with Crippen molar-refractivity contribution in [3.63, 3.8) is 0 Å². The van der Waals surface area contributed by atoms with Gasteiger partial charge in [-0.3, -0.25) is 5.41 Å². The third kappa shape index (κ3) is 1.80. The van der Waals surface area contributed by atoms with Crippen molar-refractivity contribution in [1.82, 2.24) is 4.57 Å². The quantitative estimate of drug-likeness (QED) is 0.629. The zero-order valence-corrected chi connectivity index (χ0v) is 6.83. The standard InChI is InChI=1S/C9H12N2/c1-3-6-11-7-8(2)4-5-9(11)10/h3-7,10H,1-2H3/b6-3+,10-9?. The number of nitrogens with one attached hydrogen (secondary N) is 1. The van der Waals surface area contributed by atoms with E-state index in [2.05, 4.69) is 0 Å². The predicted octanol–water partition coefficient (Wildman–Crippen LogP) is 1.77. The Morgan fingerprint density at radius 1 is 1.45 bits per heavy atom. The molecule has 0 aromatic carbocycles. The van der Waals surface area contributed by atoms with E-state index in [1.807, 2.05) is 38.4 Å². The van der Waals surface area contributed by atoms with Crippen LogP contribution in [-0.4, -0.2) is 4.57 Å². The van der Waals surface area contributed by atoms with Gasteiger partial charge in [-0.2, -0.15) is 0 Å². The monoisotopic (exact) mass is 148 g/mol. The smallest absolute Gasteiger partial charge is 0.128 e. The fourth-order valence-electron chi connectivity index (χ4n) is 0.912. The summed E-state index contributed by atoms with van der Waals surface area (Å²) in [5, 5.41) is 7.48. The van der Waals surface area contributed by atoms with Crippen molar-refractivity contribution < 1.29 is 0 Å². The highest BCUT2D eigenvalue weighted by molar-refractivity contribution is 5.23. The third-order valence-corrected chi connectivity index (χ3v) is 1.43. The Bertz CT molecular complexity index is 321. The molecule has 0 spiro atoms. The van der Waals surface area contributed by atoms with Gasteiger partial charge in [0.2, 0.25) is 0 Å². The van der Waals surface area contributed by atoms with Crippen molar-refractivity contribution in [3.8, 4) is 0 Å². The van der Waals surface area contributed by atoms with Crippen LogP contribution in [0.25, 0.3) is 6.20 Å². The van der Waals surface area contributed by atoms with Gasteiger partial charge in [-0.1, -0.05) is 12.1 Å². The molecule has 2 heteroatoms. The summed E-state index contributed by atoms with van der Waals surface area (Å²) in [7, 11) is 0. The molecule has 1 heterocycles. The molecule has 0 aliphatic rings. The van der Waals surface area contributed by atoms with Gasteiger partial charge < -0.3 is 4.57 Å². The van der Waals surface area contributed by atoms with Crippen LogP contribution >= 0.6 is 0 Å². The first kappa shape index (κ1) is 7.79. The molecule has 1 aromatic heterocycles. The van der Waals surface area contributed by atoms with Gasteiger partial charge in [0.25, 0.3) is 0 Å². The summed E-state index contributed by atoms with van der Waals surface area (Å²) >= 11 is 0. The van der Waals surface area contributed by atoms with Crippen LogP contribution in [0, 0.1) is 12.3 Å². The van der Waals surface area contributed by atoms with Crippen LogP contribution < -0.4 is 5.49 Å². The van der Waals surface area contributed by atoms with Crippen LogP contribution in [0.15, 0.2) is 24.4 Å². The Morgan fingerprint density at radius 2 is 2.18 bits per heavy atom. The lowest BCUT2D eigenvalue weighted by Crippen LogP contribution is -2.13. The van der Waals surface area contributed by atoms with E-state index in [9.17, 15) is 0 Å². The molecular weight excluding hydrogens is 136 g/mol. The van der Waals surface area contributed by atoms with E-state index < -0.39 is 0 Å². The molecule has 1 N–H and O–H groups in total. The molecule has 0 fully saturated rings. The highest BCUT2D eigenvalue weighted by Crippen LogP contribution is 1.91. The number of hydrogen-bond donors (Lipinski definition) is 1. The van der Waals surface area contributed by atoms with Crippen LogP contribution in [0.5, 0.6) is 0 Å². The lowest BCUT2D eigenvalue weighted by molar-refractivity contribution is 0.962. The van der Waals surface area contributed by atoms with Crippen molar-refractivity contribution in [3.05, 3.63) is 35.5 Å². The normalized spacial score (nSPS) is 10.7. The van der Waals surface area contributed by atoms with E-state index in [0.29, 0.717) is 5.49 Å². The lowest BCUT2D eigenvalue weighted by Gasteiger charge is -1.99. The van der Waals surface area contributed by atoms with E-state index in [0.717, 1.165) is 0 Å². The summed E-state index contributed by atoms with van der Waals surface area (Å²) in [6, 6.07) is 3.72. The second-order valence-electron chi connectivity index (χ2n) is 2.48. The summed E-state index contributed by atoms with van der Waals surface area (Å²) in [5.74, 6) is 0. The van der Waals surface area contributed by atoms with Gasteiger partial charge in [-0.15, -0.1) is 0 Å². The Balaban J connectivity index is 3.23. The Kier molecular flexibility index (Phi) is 2.26. The molecule has 0 atom stereocenters. The van der Waals surface area contributed by atoms with E-state index in [1.54, 1.807) is 10.6 Å². The number of aryl methyl sites for hydroxylation is 1. The number of aromatic nitrogens is 1. The predicted molar refractivity (Wildman–Crippen MR) is 46.0 cm³/mol. The molecule has 11 heavy (non-hydrogen) atoms. The molecule has 0 radical (unpaired) electrons. The van der Waals surface area contributed by atoms with Crippen molar-refractivity contribution in [1.29, 1.82) is 5.41 Å². The van der Waals surface area contributed by atoms with Gasteiger partial charge in [0.1, 0.15) is 5.49 Å². The minimum Gasteiger partial charge on any atom is -0.309 e. The minimum absolute atomic E-state index is 0.508. The first-order chi connectivity index (χ1) is 5.24. The maximum absolute atomic E-state index is 7.48. The molecule has 58 valence electrons. The average Bonchev–Trinajstić information content (AvgIpc) is 1.98. The maximum atomic E-state index is 7.48. The number of allylic oxidation sites excluding steroid dienone is 1. The summed E-state index contributed by atoms with van der Waals surface area (Å²) < 4.78 is 1.79. The van der Waals surface area contributed by atoms with Crippen molar-refractivity contribution in [2.24, 2.45) is 0 Å². The van der Waals surface area contributed by atoms with Gasteiger partial charge in [-0.05, 0) is 25.5 Å². The summed E-state index contributed by atoms with van der Waals surface area (Å²) in [6.45, 7) is 3.95. The molecule has 1 rings (SSSR count). The fraction of sp³-hybridized carbons (Fsp3) is 0.222. The molecule has 0 aliphatic heterocycles. The van der Waals surface area contributed by atoms with Crippen LogP contribution in [0.1, 0.15) is 12.5 Å². The molecule has 2 nitrogen and oxygen atoms in total. The molecule has 1 aromatic rings. The van der Waals surface area contributed by atoms with E-state index in [4.69, 9.17) is 5.41 Å². The lowest BCUT2D eigenvalue weighted by atomic mass is 10.3. The van der Waals surface area contributed by atoms with Crippen LogP contribution in [-0.2, 0) is 0 Å². The number of nitrogens with zero attached hydrogens (tertiary/aromatic N) is 1. The van der Waals surface area contributed by atoms with Crippen LogP contribution in [0.3, 0.4) is 0 Å². The Labute approximate surface area is 66.3 Å².